The predicted molar refractivity (Wildman–Crippen MR) is 152 cm³/mol. The van der Waals surface area contributed by atoms with Crippen LogP contribution in [0.3, 0.4) is 0 Å². The van der Waals surface area contributed by atoms with Gasteiger partial charge < -0.3 is 14.1 Å². The summed E-state index contributed by atoms with van der Waals surface area (Å²) in [6.07, 6.45) is 0. The summed E-state index contributed by atoms with van der Waals surface area (Å²) in [5.41, 5.74) is -1.31. The highest BCUT2D eigenvalue weighted by molar-refractivity contribution is 7.17. The summed E-state index contributed by atoms with van der Waals surface area (Å²) < 4.78 is 25.8. The van der Waals surface area contributed by atoms with Crippen molar-refractivity contribution in [3.63, 3.8) is 0 Å². The third-order valence-corrected chi connectivity index (χ3v) is 8.79. The molecule has 2 aromatic heterocycles. The quantitative estimate of drug-likeness (QED) is 0.277. The van der Waals surface area contributed by atoms with E-state index in [1.807, 2.05) is 0 Å². The Bertz CT molecular complexity index is 2050. The second-order valence-electron chi connectivity index (χ2n) is 9.88. The summed E-state index contributed by atoms with van der Waals surface area (Å²) in [5, 5.41) is 0.192. The lowest BCUT2D eigenvalue weighted by atomic mass is 9.84. The Morgan fingerprint density at radius 1 is 1.02 bits per heavy atom. The van der Waals surface area contributed by atoms with Crippen LogP contribution >= 0.6 is 11.3 Å². The maximum atomic E-state index is 14.9. The number of anilines is 2. The molecule has 0 radical (unpaired) electrons. The van der Waals surface area contributed by atoms with Crippen LogP contribution in [0.5, 0.6) is 0 Å². The molecule has 1 unspecified atom stereocenters. The van der Waals surface area contributed by atoms with Crippen LogP contribution in [-0.2, 0) is 21.6 Å². The molecule has 208 valence electrons. The van der Waals surface area contributed by atoms with Gasteiger partial charge in [0.2, 0.25) is 5.76 Å². The third kappa shape index (κ3) is 3.31. The van der Waals surface area contributed by atoms with E-state index >= 15 is 0 Å². The van der Waals surface area contributed by atoms with Crippen molar-refractivity contribution in [3.8, 4) is 0 Å². The second-order valence-corrected chi connectivity index (χ2v) is 10.9. The van der Waals surface area contributed by atoms with Gasteiger partial charge in [0.15, 0.2) is 16.1 Å². The SMILES string of the molecule is COC(=O)c1sc(N2C(=O)c3oc4ccccc4c(=O)c3C23C(=O)N(Cc2ccccc2F)c2ccccc23)nc1C. The molecule has 7 rings (SSSR count). The highest BCUT2D eigenvalue weighted by atomic mass is 32.1. The van der Waals surface area contributed by atoms with Gasteiger partial charge in [0.25, 0.3) is 11.8 Å². The molecule has 3 aromatic carbocycles. The van der Waals surface area contributed by atoms with Gasteiger partial charge in [0.05, 0.1) is 36.0 Å². The number of aryl methyl sites for hydroxylation is 1. The first-order chi connectivity index (χ1) is 20.3. The van der Waals surface area contributed by atoms with Gasteiger partial charge in [-0.15, -0.1) is 0 Å². The average molecular weight is 582 g/mol. The number of fused-ring (bicyclic) bond motifs is 5. The molecule has 2 aliphatic heterocycles. The lowest BCUT2D eigenvalue weighted by molar-refractivity contribution is -0.121. The van der Waals surface area contributed by atoms with Crippen molar-refractivity contribution in [1.29, 1.82) is 0 Å². The van der Waals surface area contributed by atoms with E-state index in [0.29, 0.717) is 11.3 Å². The fraction of sp³-hybridized carbons (Fsp3) is 0.129. The summed E-state index contributed by atoms with van der Waals surface area (Å²) in [5.74, 6) is -2.90. The van der Waals surface area contributed by atoms with Crippen LogP contribution in [0.4, 0.5) is 15.2 Å². The van der Waals surface area contributed by atoms with Gasteiger partial charge >= 0.3 is 5.97 Å². The van der Waals surface area contributed by atoms with E-state index in [2.05, 4.69) is 4.98 Å². The highest BCUT2D eigenvalue weighted by Gasteiger charge is 2.66. The van der Waals surface area contributed by atoms with Crippen LogP contribution in [0, 0.1) is 12.7 Å². The Hall–Kier alpha value is -5.16. The van der Waals surface area contributed by atoms with Gasteiger partial charge in [0, 0.05) is 11.1 Å². The number of ether oxygens (including phenoxy) is 1. The molecule has 0 fully saturated rings. The number of thiazole rings is 1. The van der Waals surface area contributed by atoms with Gasteiger partial charge in [-0.1, -0.05) is 59.9 Å². The summed E-state index contributed by atoms with van der Waals surface area (Å²) in [7, 11) is 1.23. The van der Waals surface area contributed by atoms with Crippen molar-refractivity contribution in [2.45, 2.75) is 19.0 Å². The number of carbonyl (C=O) groups is 3. The Morgan fingerprint density at radius 3 is 2.52 bits per heavy atom. The van der Waals surface area contributed by atoms with Gasteiger partial charge in [-0.2, -0.15) is 0 Å². The molecule has 9 nitrogen and oxygen atoms in total. The summed E-state index contributed by atoms with van der Waals surface area (Å²) in [4.78, 5) is 63.1. The number of halogens is 1. The van der Waals surface area contributed by atoms with E-state index < -0.39 is 34.6 Å². The van der Waals surface area contributed by atoms with Crippen LogP contribution in [0.15, 0.2) is 82.0 Å². The van der Waals surface area contributed by atoms with E-state index in [0.717, 1.165) is 16.2 Å². The number of para-hydroxylation sites is 2. The normalized spacial score (nSPS) is 17.3. The van der Waals surface area contributed by atoms with Gasteiger partial charge in [-0.05, 0) is 31.2 Å². The molecule has 2 aliphatic rings. The zero-order chi connectivity index (χ0) is 29.3. The summed E-state index contributed by atoms with van der Waals surface area (Å²) in [6, 6.07) is 19.3. The van der Waals surface area contributed by atoms with Crippen LogP contribution in [0.25, 0.3) is 11.0 Å². The molecule has 1 spiro atoms. The molecule has 0 aliphatic carbocycles. The molecule has 0 bridgehead atoms. The van der Waals surface area contributed by atoms with Crippen LogP contribution < -0.4 is 15.2 Å². The average Bonchev–Trinajstić information content (AvgIpc) is 3.58. The minimum atomic E-state index is -2.03. The standard InChI is InChI=1S/C31H20FN3O6S/c1-16-26(28(38)40-2)42-30(33-16)35-27(37)25-23(24(36)18-10-4-8-14-22(18)41-25)31(35)19-11-5-7-13-21(19)34(29(31)39)15-17-9-3-6-12-20(17)32/h3-14H,15H2,1-2H3. The fourth-order valence-corrected chi connectivity index (χ4v) is 6.86. The maximum absolute atomic E-state index is 14.9. The Labute approximate surface area is 241 Å². The van der Waals surface area contributed by atoms with Gasteiger partial charge in [-0.3, -0.25) is 19.3 Å². The smallest absolute Gasteiger partial charge is 0.350 e. The molecule has 0 N–H and O–H groups in total. The van der Waals surface area contributed by atoms with Gasteiger partial charge in [-0.25, -0.2) is 14.2 Å². The zero-order valence-corrected chi connectivity index (χ0v) is 23.0. The van der Waals surface area contributed by atoms with Crippen molar-refractivity contribution < 1.29 is 27.9 Å². The number of nitrogens with zero attached hydrogens (tertiary/aromatic N) is 3. The van der Waals surface area contributed by atoms with Crippen molar-refractivity contribution in [3.05, 3.63) is 122 Å². The molecule has 2 amide bonds. The van der Waals surface area contributed by atoms with Crippen molar-refractivity contribution in [1.82, 2.24) is 4.98 Å². The predicted octanol–water partition coefficient (Wildman–Crippen LogP) is 4.93. The topological polar surface area (TPSA) is 110 Å². The number of carbonyl (C=O) groups excluding carboxylic acids is 3. The molecule has 42 heavy (non-hydrogen) atoms. The molecular formula is C31H20FN3O6S. The zero-order valence-electron chi connectivity index (χ0n) is 22.2. The van der Waals surface area contributed by atoms with Crippen molar-refractivity contribution in [2.24, 2.45) is 0 Å². The summed E-state index contributed by atoms with van der Waals surface area (Å²) >= 11 is 0.864. The van der Waals surface area contributed by atoms with E-state index in [9.17, 15) is 23.6 Å². The summed E-state index contributed by atoms with van der Waals surface area (Å²) in [6.45, 7) is 1.42. The lowest BCUT2D eigenvalue weighted by Gasteiger charge is -2.32. The molecule has 11 heteroatoms. The highest BCUT2D eigenvalue weighted by Crippen LogP contribution is 2.55. The van der Waals surface area contributed by atoms with Crippen LogP contribution in [0.2, 0.25) is 0 Å². The van der Waals surface area contributed by atoms with Crippen molar-refractivity contribution in [2.75, 3.05) is 16.9 Å². The maximum Gasteiger partial charge on any atom is 0.350 e. The Kier molecular flexibility index (Phi) is 5.64. The number of amides is 2. The molecule has 1 atom stereocenters. The number of methoxy groups -OCH3 is 1. The Balaban J connectivity index is 1.56. The van der Waals surface area contributed by atoms with E-state index in [1.54, 1.807) is 73.7 Å². The number of aromatic nitrogens is 1. The number of benzene rings is 3. The van der Waals surface area contributed by atoms with Gasteiger partial charge in [0.1, 0.15) is 16.3 Å². The van der Waals surface area contributed by atoms with E-state index in [1.165, 1.54) is 18.1 Å². The Morgan fingerprint density at radius 2 is 1.74 bits per heavy atom. The van der Waals surface area contributed by atoms with Crippen LogP contribution in [-0.4, -0.2) is 29.9 Å². The van der Waals surface area contributed by atoms with E-state index in [4.69, 9.17) is 9.15 Å². The van der Waals surface area contributed by atoms with Crippen LogP contribution in [0.1, 0.15) is 42.6 Å². The fourth-order valence-electron chi connectivity index (χ4n) is 5.82. The number of esters is 1. The minimum absolute atomic E-state index is 0.00338. The monoisotopic (exact) mass is 581 g/mol. The number of rotatable bonds is 4. The minimum Gasteiger partial charge on any atom is -0.465 e. The lowest BCUT2D eigenvalue weighted by Crippen LogP contribution is -2.53. The molecule has 5 aromatic rings. The first-order valence-corrected chi connectivity index (χ1v) is 13.7. The first-order valence-electron chi connectivity index (χ1n) is 12.9. The first kappa shape index (κ1) is 25.8. The molecule has 0 saturated carbocycles. The van der Waals surface area contributed by atoms with Crippen molar-refractivity contribution >= 4 is 50.9 Å². The second kappa shape index (κ2) is 9.18. The molecule has 0 saturated heterocycles. The number of hydrogen-bond donors (Lipinski definition) is 0. The molecular weight excluding hydrogens is 561 g/mol. The van der Waals surface area contributed by atoms with E-state index in [-0.39, 0.29) is 50.1 Å². The third-order valence-electron chi connectivity index (χ3n) is 7.67. The largest absolute Gasteiger partial charge is 0.465 e. The number of hydrogen-bond acceptors (Lipinski definition) is 8. The molecule has 4 heterocycles.